The lowest BCUT2D eigenvalue weighted by Crippen LogP contribution is -2.33. The molecule has 6 nitrogen and oxygen atoms in total. The molecule has 2 N–H and O–H groups in total. The fourth-order valence-corrected chi connectivity index (χ4v) is 3.05. The van der Waals surface area contributed by atoms with Crippen LogP contribution in [-0.4, -0.2) is 18.1 Å². The molecule has 0 spiro atoms. The van der Waals surface area contributed by atoms with E-state index in [0.29, 0.717) is 18.1 Å². The van der Waals surface area contributed by atoms with Crippen molar-refractivity contribution in [3.63, 3.8) is 0 Å². The molecule has 0 unspecified atom stereocenters. The zero-order valence-corrected chi connectivity index (χ0v) is 16.4. The second-order valence-corrected chi connectivity index (χ2v) is 9.62. The highest BCUT2D eigenvalue weighted by atomic mass is 32.2. The monoisotopic (exact) mass is 385 g/mol. The summed E-state index contributed by atoms with van der Waals surface area (Å²) in [7, 11) is -3.42. The van der Waals surface area contributed by atoms with Crippen LogP contribution < -0.4 is 10.0 Å². The number of hydrogen-bond donors (Lipinski definition) is 2. The highest BCUT2D eigenvalue weighted by molar-refractivity contribution is 7.94. The number of rotatable bonds is 6. The van der Waals surface area contributed by atoms with E-state index in [9.17, 15) is 8.42 Å². The van der Waals surface area contributed by atoms with Crippen molar-refractivity contribution >= 4 is 21.4 Å². The van der Waals surface area contributed by atoms with Gasteiger partial charge in [-0.2, -0.15) is 0 Å². The molecule has 3 aromatic rings. The van der Waals surface area contributed by atoms with Crippen molar-refractivity contribution in [1.82, 2.24) is 4.98 Å². The molecule has 0 fully saturated rings. The van der Waals surface area contributed by atoms with Gasteiger partial charge in [-0.05, 0) is 62.7 Å². The lowest BCUT2D eigenvalue weighted by Gasteiger charge is -2.20. The molecule has 1 heterocycles. The summed E-state index contributed by atoms with van der Waals surface area (Å²) in [5, 5.41) is 3.34. The minimum absolute atomic E-state index is 0.559. The first-order valence-electron chi connectivity index (χ1n) is 8.60. The Labute approximate surface area is 159 Å². The maximum atomic E-state index is 12.2. The van der Waals surface area contributed by atoms with E-state index in [1.807, 2.05) is 36.4 Å². The smallest absolute Gasteiger partial charge is 0.237 e. The molecule has 0 amide bonds. The Hall–Kier alpha value is -2.80. The van der Waals surface area contributed by atoms with Gasteiger partial charge in [-0.3, -0.25) is 4.72 Å². The summed E-state index contributed by atoms with van der Waals surface area (Å²) in [5.41, 5.74) is 3.50. The normalized spacial score (nSPS) is 12.0. The number of benzene rings is 2. The van der Waals surface area contributed by atoms with Crippen molar-refractivity contribution in [2.24, 2.45) is 0 Å². The van der Waals surface area contributed by atoms with Gasteiger partial charge >= 0.3 is 0 Å². The molecule has 0 atom stereocenters. The van der Waals surface area contributed by atoms with Gasteiger partial charge < -0.3 is 9.73 Å². The van der Waals surface area contributed by atoms with E-state index in [2.05, 4.69) is 15.0 Å². The van der Waals surface area contributed by atoms with E-state index in [4.69, 9.17) is 4.42 Å². The molecular weight excluding hydrogens is 362 g/mol. The van der Waals surface area contributed by atoms with Crippen molar-refractivity contribution < 1.29 is 12.8 Å². The molecule has 0 radical (unpaired) electrons. The Kier molecular flexibility index (Phi) is 5.23. The molecule has 27 heavy (non-hydrogen) atoms. The molecule has 0 saturated heterocycles. The third-order valence-corrected chi connectivity index (χ3v) is 6.19. The van der Waals surface area contributed by atoms with Gasteiger partial charge in [-0.1, -0.05) is 12.1 Å². The zero-order valence-electron chi connectivity index (χ0n) is 15.6. The topological polar surface area (TPSA) is 84.2 Å². The molecule has 0 aliphatic carbocycles. The van der Waals surface area contributed by atoms with Gasteiger partial charge in [0, 0.05) is 23.5 Å². The Balaban J connectivity index is 1.59. The third kappa shape index (κ3) is 4.68. The van der Waals surface area contributed by atoms with Crippen molar-refractivity contribution in [3.8, 4) is 11.5 Å². The zero-order chi connectivity index (χ0) is 19.5. The standard InChI is InChI=1S/C20H23N3O3S/c1-20(2,3)27(24,25)23-18-8-4-15(5-9-18)14-22-17-10-6-16(7-11-17)19-21-12-13-26-19/h4-13,22-23H,14H2,1-3H3. The van der Waals surface area contributed by atoms with E-state index in [1.54, 1.807) is 45.4 Å². The van der Waals surface area contributed by atoms with Crippen LogP contribution in [0, 0.1) is 0 Å². The van der Waals surface area contributed by atoms with Crippen molar-refractivity contribution in [2.75, 3.05) is 10.0 Å². The summed E-state index contributed by atoms with van der Waals surface area (Å²) in [5.74, 6) is 0.592. The van der Waals surface area contributed by atoms with Gasteiger partial charge in [0.2, 0.25) is 15.9 Å². The average Bonchev–Trinajstić information content (AvgIpc) is 3.15. The Morgan fingerprint density at radius 1 is 0.963 bits per heavy atom. The van der Waals surface area contributed by atoms with Crippen LogP contribution in [0.5, 0.6) is 0 Å². The predicted octanol–water partition coefficient (Wildman–Crippen LogP) is 4.49. The van der Waals surface area contributed by atoms with Crippen LogP contribution in [0.1, 0.15) is 26.3 Å². The second kappa shape index (κ2) is 7.44. The quantitative estimate of drug-likeness (QED) is 0.653. The average molecular weight is 385 g/mol. The minimum Gasteiger partial charge on any atom is -0.445 e. The molecule has 0 saturated carbocycles. The van der Waals surface area contributed by atoms with Gasteiger partial charge in [-0.25, -0.2) is 13.4 Å². The first-order valence-corrected chi connectivity index (χ1v) is 10.1. The molecular formula is C20H23N3O3S. The summed E-state index contributed by atoms with van der Waals surface area (Å²) >= 11 is 0. The van der Waals surface area contributed by atoms with Crippen LogP contribution in [0.4, 0.5) is 11.4 Å². The van der Waals surface area contributed by atoms with Gasteiger partial charge in [0.1, 0.15) is 6.26 Å². The number of nitrogens with zero attached hydrogens (tertiary/aromatic N) is 1. The van der Waals surface area contributed by atoms with Crippen LogP contribution in [0.2, 0.25) is 0 Å². The Morgan fingerprint density at radius 3 is 2.15 bits per heavy atom. The fourth-order valence-electron chi connectivity index (χ4n) is 2.30. The number of sulfonamides is 1. The molecule has 1 aromatic heterocycles. The highest BCUT2D eigenvalue weighted by Gasteiger charge is 2.28. The summed E-state index contributed by atoms with van der Waals surface area (Å²) in [4.78, 5) is 4.12. The van der Waals surface area contributed by atoms with Crippen LogP contribution in [0.25, 0.3) is 11.5 Å². The number of anilines is 2. The SMILES string of the molecule is CC(C)(C)S(=O)(=O)Nc1ccc(CNc2ccc(-c3ncco3)cc2)cc1. The number of oxazole rings is 1. The van der Waals surface area contributed by atoms with Crippen LogP contribution in [0.3, 0.4) is 0 Å². The van der Waals surface area contributed by atoms with E-state index in [-0.39, 0.29) is 0 Å². The van der Waals surface area contributed by atoms with Gasteiger partial charge in [0.15, 0.2) is 0 Å². The third-order valence-electron chi connectivity index (χ3n) is 4.07. The first kappa shape index (κ1) is 19.0. The van der Waals surface area contributed by atoms with Crippen molar-refractivity contribution in [2.45, 2.75) is 32.1 Å². The largest absolute Gasteiger partial charge is 0.445 e. The summed E-state index contributed by atoms with van der Waals surface area (Å²) in [6.45, 7) is 5.63. The van der Waals surface area contributed by atoms with Crippen molar-refractivity contribution in [1.29, 1.82) is 0 Å². The molecule has 0 aliphatic rings. The Bertz CT molecular complexity index is 972. The van der Waals surface area contributed by atoms with Gasteiger partial charge in [0.25, 0.3) is 0 Å². The molecule has 0 aliphatic heterocycles. The molecule has 142 valence electrons. The fraction of sp³-hybridized carbons (Fsp3) is 0.250. The maximum Gasteiger partial charge on any atom is 0.237 e. The number of nitrogens with one attached hydrogen (secondary N) is 2. The molecule has 7 heteroatoms. The van der Waals surface area contributed by atoms with Crippen molar-refractivity contribution in [3.05, 3.63) is 66.6 Å². The highest BCUT2D eigenvalue weighted by Crippen LogP contribution is 2.21. The van der Waals surface area contributed by atoms with E-state index < -0.39 is 14.8 Å². The summed E-state index contributed by atoms with van der Waals surface area (Å²) in [6, 6.07) is 15.1. The van der Waals surface area contributed by atoms with E-state index in [1.165, 1.54) is 0 Å². The van der Waals surface area contributed by atoms with Crippen LogP contribution in [0.15, 0.2) is 65.4 Å². The second-order valence-electron chi connectivity index (χ2n) is 7.18. The lowest BCUT2D eigenvalue weighted by molar-refractivity contribution is 0.566. The number of hydrogen-bond acceptors (Lipinski definition) is 5. The lowest BCUT2D eigenvalue weighted by atomic mass is 10.2. The summed E-state index contributed by atoms with van der Waals surface area (Å²) < 4.78 is 31.4. The first-order chi connectivity index (χ1) is 12.7. The van der Waals surface area contributed by atoms with E-state index in [0.717, 1.165) is 16.8 Å². The maximum absolute atomic E-state index is 12.2. The predicted molar refractivity (Wildman–Crippen MR) is 108 cm³/mol. The number of aromatic nitrogens is 1. The van der Waals surface area contributed by atoms with E-state index >= 15 is 0 Å². The molecule has 2 aromatic carbocycles. The minimum atomic E-state index is -3.42. The summed E-state index contributed by atoms with van der Waals surface area (Å²) in [6.07, 6.45) is 3.17. The Morgan fingerprint density at radius 2 is 1.59 bits per heavy atom. The van der Waals surface area contributed by atoms with Crippen LogP contribution >= 0.6 is 0 Å². The molecule has 3 rings (SSSR count). The van der Waals surface area contributed by atoms with Gasteiger partial charge in [0.05, 0.1) is 10.9 Å². The molecule has 0 bridgehead atoms. The van der Waals surface area contributed by atoms with Crippen LogP contribution in [-0.2, 0) is 16.6 Å². The van der Waals surface area contributed by atoms with Gasteiger partial charge in [-0.15, -0.1) is 0 Å².